The van der Waals surface area contributed by atoms with E-state index in [1.165, 1.54) is 0 Å². The van der Waals surface area contributed by atoms with Crippen molar-refractivity contribution in [3.63, 3.8) is 0 Å². The van der Waals surface area contributed by atoms with Crippen LogP contribution in [-0.4, -0.2) is 35.6 Å². The number of primary amides is 1. The van der Waals surface area contributed by atoms with Gasteiger partial charge in [0, 0.05) is 6.04 Å². The summed E-state index contributed by atoms with van der Waals surface area (Å²) in [7, 11) is 0. The van der Waals surface area contributed by atoms with E-state index in [0.717, 1.165) is 6.42 Å². The maximum atomic E-state index is 12.0. The molecule has 0 unspecified atom stereocenters. The van der Waals surface area contributed by atoms with Gasteiger partial charge in [-0.2, -0.15) is 0 Å². The van der Waals surface area contributed by atoms with Gasteiger partial charge in [-0.25, -0.2) is 4.79 Å². The molecule has 116 valence electrons. The fourth-order valence-electron chi connectivity index (χ4n) is 1.31. The lowest BCUT2D eigenvalue weighted by Crippen LogP contribution is -2.51. The normalized spacial score (nSPS) is 14.1. The number of amides is 3. The van der Waals surface area contributed by atoms with E-state index in [1.54, 1.807) is 20.8 Å². The molecule has 4 N–H and O–H groups in total. The highest BCUT2D eigenvalue weighted by molar-refractivity contribution is 5.90. The Morgan fingerprint density at radius 2 is 1.75 bits per heavy atom. The minimum absolute atomic E-state index is 0.0571. The lowest BCUT2D eigenvalue weighted by atomic mass is 10.1. The molecule has 0 heterocycles. The first-order valence-corrected chi connectivity index (χ1v) is 6.63. The van der Waals surface area contributed by atoms with Crippen LogP contribution in [-0.2, 0) is 14.3 Å². The third-order valence-electron chi connectivity index (χ3n) is 2.41. The van der Waals surface area contributed by atoms with Gasteiger partial charge in [0.25, 0.3) is 0 Å². The van der Waals surface area contributed by atoms with Gasteiger partial charge in [0.2, 0.25) is 11.8 Å². The minimum Gasteiger partial charge on any atom is -0.444 e. The average molecular weight is 287 g/mol. The smallest absolute Gasteiger partial charge is 0.408 e. The second-order valence-electron chi connectivity index (χ2n) is 5.69. The molecule has 0 aliphatic heterocycles. The van der Waals surface area contributed by atoms with Crippen molar-refractivity contribution >= 4 is 17.9 Å². The van der Waals surface area contributed by atoms with E-state index in [0.29, 0.717) is 0 Å². The predicted octanol–water partition coefficient (Wildman–Crippen LogP) is 0.670. The predicted molar refractivity (Wildman–Crippen MR) is 74.9 cm³/mol. The third-order valence-corrected chi connectivity index (χ3v) is 2.41. The lowest BCUT2D eigenvalue weighted by Gasteiger charge is -2.23. The molecule has 0 saturated heterocycles. The summed E-state index contributed by atoms with van der Waals surface area (Å²) in [5.41, 5.74) is 4.40. The van der Waals surface area contributed by atoms with Gasteiger partial charge in [-0.1, -0.05) is 6.92 Å². The van der Waals surface area contributed by atoms with Gasteiger partial charge in [-0.3, -0.25) is 9.59 Å². The Morgan fingerprint density at radius 1 is 1.20 bits per heavy atom. The molecule has 0 radical (unpaired) electrons. The first kappa shape index (κ1) is 18.2. The van der Waals surface area contributed by atoms with Gasteiger partial charge in [0.15, 0.2) is 0 Å². The molecule has 0 aliphatic carbocycles. The standard InChI is InChI=1S/C13H25N3O4/c1-6-8(2)15-11(18)9(7-10(14)17)16-12(19)20-13(3,4)5/h8-9H,6-7H2,1-5H3,(H2,14,17)(H,15,18)(H,16,19)/t8-,9-/m1/s1. The number of carbonyl (C=O) groups is 3. The zero-order valence-electron chi connectivity index (χ0n) is 12.8. The van der Waals surface area contributed by atoms with E-state index in [-0.39, 0.29) is 12.5 Å². The number of hydrogen-bond donors (Lipinski definition) is 3. The van der Waals surface area contributed by atoms with Gasteiger partial charge in [0.1, 0.15) is 11.6 Å². The summed E-state index contributed by atoms with van der Waals surface area (Å²) in [6.07, 6.45) is -0.300. The fourth-order valence-corrected chi connectivity index (χ4v) is 1.31. The van der Waals surface area contributed by atoms with Crippen LogP contribution in [0.1, 0.15) is 47.5 Å². The van der Waals surface area contributed by atoms with Crippen LogP contribution in [0.15, 0.2) is 0 Å². The molecule has 2 atom stereocenters. The van der Waals surface area contributed by atoms with Crippen LogP contribution in [0.4, 0.5) is 4.79 Å². The van der Waals surface area contributed by atoms with E-state index in [2.05, 4.69) is 10.6 Å². The zero-order chi connectivity index (χ0) is 15.9. The highest BCUT2D eigenvalue weighted by Gasteiger charge is 2.26. The lowest BCUT2D eigenvalue weighted by molar-refractivity contribution is -0.127. The van der Waals surface area contributed by atoms with Crippen LogP contribution in [0, 0.1) is 0 Å². The molecule has 7 heteroatoms. The van der Waals surface area contributed by atoms with E-state index in [1.807, 2.05) is 13.8 Å². The monoisotopic (exact) mass is 287 g/mol. The Hall–Kier alpha value is -1.79. The number of alkyl carbamates (subject to hydrolysis) is 1. The maximum absolute atomic E-state index is 12.0. The minimum atomic E-state index is -1.03. The summed E-state index contributed by atoms with van der Waals surface area (Å²) in [5.74, 6) is -1.13. The Kier molecular flexibility index (Phi) is 7.02. The molecule has 0 bridgehead atoms. The summed E-state index contributed by atoms with van der Waals surface area (Å²) >= 11 is 0. The molecule has 0 fully saturated rings. The van der Waals surface area contributed by atoms with Gasteiger partial charge >= 0.3 is 6.09 Å². The molecule has 20 heavy (non-hydrogen) atoms. The fraction of sp³-hybridized carbons (Fsp3) is 0.769. The highest BCUT2D eigenvalue weighted by Crippen LogP contribution is 2.07. The van der Waals surface area contributed by atoms with Crippen molar-refractivity contribution in [3.8, 4) is 0 Å². The summed E-state index contributed by atoms with van der Waals surface area (Å²) < 4.78 is 5.05. The van der Waals surface area contributed by atoms with Crippen LogP contribution in [0.25, 0.3) is 0 Å². The summed E-state index contributed by atoms with van der Waals surface area (Å²) in [6.45, 7) is 8.85. The molecule has 7 nitrogen and oxygen atoms in total. The van der Waals surface area contributed by atoms with Crippen molar-refractivity contribution in [2.45, 2.75) is 65.1 Å². The van der Waals surface area contributed by atoms with Crippen molar-refractivity contribution in [2.75, 3.05) is 0 Å². The first-order valence-electron chi connectivity index (χ1n) is 6.63. The Balaban J connectivity index is 4.68. The van der Waals surface area contributed by atoms with Gasteiger partial charge in [-0.15, -0.1) is 0 Å². The zero-order valence-corrected chi connectivity index (χ0v) is 12.8. The molecule has 0 saturated carbocycles. The van der Waals surface area contributed by atoms with E-state index in [9.17, 15) is 14.4 Å². The van der Waals surface area contributed by atoms with Crippen molar-refractivity contribution in [1.29, 1.82) is 0 Å². The topological polar surface area (TPSA) is 111 Å². The van der Waals surface area contributed by atoms with Crippen molar-refractivity contribution < 1.29 is 19.1 Å². The van der Waals surface area contributed by atoms with Crippen LogP contribution in [0.2, 0.25) is 0 Å². The van der Waals surface area contributed by atoms with E-state index < -0.39 is 29.6 Å². The van der Waals surface area contributed by atoms with Crippen molar-refractivity contribution in [2.24, 2.45) is 5.73 Å². The number of ether oxygens (including phenoxy) is 1. The Morgan fingerprint density at radius 3 is 2.15 bits per heavy atom. The van der Waals surface area contributed by atoms with Crippen LogP contribution in [0.3, 0.4) is 0 Å². The SMILES string of the molecule is CC[C@@H](C)NC(=O)[C@@H](CC(N)=O)NC(=O)OC(C)(C)C. The second kappa shape index (κ2) is 7.72. The molecule has 0 spiro atoms. The average Bonchev–Trinajstić information content (AvgIpc) is 2.24. The first-order chi connectivity index (χ1) is 9.05. The molecule has 0 rings (SSSR count). The van der Waals surface area contributed by atoms with Crippen LogP contribution in [0.5, 0.6) is 0 Å². The summed E-state index contributed by atoms with van der Waals surface area (Å²) in [6, 6.07) is -1.09. The molecule has 0 aromatic carbocycles. The van der Waals surface area contributed by atoms with Crippen molar-refractivity contribution in [1.82, 2.24) is 10.6 Å². The Labute approximate surface area is 119 Å². The second-order valence-corrected chi connectivity index (χ2v) is 5.69. The van der Waals surface area contributed by atoms with Crippen molar-refractivity contribution in [3.05, 3.63) is 0 Å². The molecule has 3 amide bonds. The van der Waals surface area contributed by atoms with E-state index in [4.69, 9.17) is 10.5 Å². The molecular weight excluding hydrogens is 262 g/mol. The maximum Gasteiger partial charge on any atom is 0.408 e. The molecular formula is C13H25N3O4. The summed E-state index contributed by atoms with van der Waals surface area (Å²) in [4.78, 5) is 34.6. The largest absolute Gasteiger partial charge is 0.444 e. The number of hydrogen-bond acceptors (Lipinski definition) is 4. The number of rotatable bonds is 6. The molecule has 0 aromatic rings. The van der Waals surface area contributed by atoms with E-state index >= 15 is 0 Å². The van der Waals surface area contributed by atoms with Gasteiger partial charge in [-0.05, 0) is 34.1 Å². The number of nitrogens with two attached hydrogens (primary N) is 1. The number of carbonyl (C=O) groups excluding carboxylic acids is 3. The third kappa shape index (κ3) is 8.34. The molecule has 0 aliphatic rings. The Bertz CT molecular complexity index is 363. The quantitative estimate of drug-likeness (QED) is 0.666. The number of nitrogens with one attached hydrogen (secondary N) is 2. The highest BCUT2D eigenvalue weighted by atomic mass is 16.6. The molecule has 0 aromatic heterocycles. The summed E-state index contributed by atoms with van der Waals surface area (Å²) in [5, 5.41) is 5.05. The van der Waals surface area contributed by atoms with Crippen LogP contribution < -0.4 is 16.4 Å². The van der Waals surface area contributed by atoms with Gasteiger partial charge in [0.05, 0.1) is 6.42 Å². The van der Waals surface area contributed by atoms with Gasteiger partial charge < -0.3 is 21.1 Å². The van der Waals surface area contributed by atoms with Crippen LogP contribution >= 0.6 is 0 Å².